The number of nitrogens with one attached hydrogen (secondary N) is 2. The monoisotopic (exact) mass is 290 g/mol. The average molecular weight is 290 g/mol. The molecule has 0 aromatic heterocycles. The molecule has 7 heteroatoms. The first-order chi connectivity index (χ1) is 8.99. The van der Waals surface area contributed by atoms with Gasteiger partial charge in [0.2, 0.25) is 0 Å². The van der Waals surface area contributed by atoms with E-state index in [2.05, 4.69) is 10.6 Å². The largest absolute Gasteiger partial charge is 0.481 e. The Morgan fingerprint density at radius 3 is 2.37 bits per heavy atom. The number of carbonyl (C=O) groups excluding carboxylic acids is 1. The standard InChI is InChI=1S/C12H22N2O4S/c1-19(18)7-6-13-12(17)14-8-9-2-4-10(5-3-9)11(15)16/h9-10H,2-8H2,1H3,(H,15,16)(H2,13,14,17). The van der Waals surface area contributed by atoms with Crippen molar-refractivity contribution in [1.29, 1.82) is 0 Å². The second-order valence-electron chi connectivity index (χ2n) is 4.97. The van der Waals surface area contributed by atoms with Crippen molar-refractivity contribution in [3.63, 3.8) is 0 Å². The summed E-state index contributed by atoms with van der Waals surface area (Å²) in [6.45, 7) is 0.980. The molecule has 110 valence electrons. The molecule has 0 aromatic carbocycles. The minimum absolute atomic E-state index is 0.218. The third-order valence-electron chi connectivity index (χ3n) is 3.42. The lowest BCUT2D eigenvalue weighted by atomic mass is 9.82. The summed E-state index contributed by atoms with van der Waals surface area (Å²) in [5.74, 6) is -0.111. The summed E-state index contributed by atoms with van der Waals surface area (Å²) in [5, 5.41) is 14.3. The Kier molecular flexibility index (Phi) is 6.83. The quantitative estimate of drug-likeness (QED) is 0.666. The third-order valence-corrected chi connectivity index (χ3v) is 4.20. The van der Waals surface area contributed by atoms with Crippen molar-refractivity contribution in [1.82, 2.24) is 10.6 Å². The minimum atomic E-state index is -0.897. The Morgan fingerprint density at radius 1 is 1.21 bits per heavy atom. The molecule has 19 heavy (non-hydrogen) atoms. The van der Waals surface area contributed by atoms with Gasteiger partial charge >= 0.3 is 12.0 Å². The van der Waals surface area contributed by atoms with Gasteiger partial charge in [0.25, 0.3) is 0 Å². The van der Waals surface area contributed by atoms with Crippen molar-refractivity contribution < 1.29 is 18.9 Å². The lowest BCUT2D eigenvalue weighted by Crippen LogP contribution is -2.40. The van der Waals surface area contributed by atoms with E-state index in [0.717, 1.165) is 12.8 Å². The number of urea groups is 1. The van der Waals surface area contributed by atoms with Crippen LogP contribution >= 0.6 is 0 Å². The van der Waals surface area contributed by atoms with Crippen molar-refractivity contribution in [2.45, 2.75) is 25.7 Å². The summed E-state index contributed by atoms with van der Waals surface area (Å²) in [6, 6.07) is -0.245. The van der Waals surface area contributed by atoms with Gasteiger partial charge in [0.05, 0.1) is 5.92 Å². The zero-order valence-electron chi connectivity index (χ0n) is 11.2. The fraction of sp³-hybridized carbons (Fsp3) is 0.833. The number of carboxylic acids is 1. The Morgan fingerprint density at radius 2 is 1.84 bits per heavy atom. The van der Waals surface area contributed by atoms with Crippen LogP contribution in [0.1, 0.15) is 25.7 Å². The average Bonchev–Trinajstić information content (AvgIpc) is 2.36. The van der Waals surface area contributed by atoms with Crippen LogP contribution in [0.4, 0.5) is 4.79 Å². The highest BCUT2D eigenvalue weighted by molar-refractivity contribution is 7.84. The van der Waals surface area contributed by atoms with Crippen LogP contribution in [-0.4, -0.2) is 46.4 Å². The zero-order chi connectivity index (χ0) is 14.3. The maximum atomic E-state index is 11.4. The van der Waals surface area contributed by atoms with E-state index < -0.39 is 16.8 Å². The van der Waals surface area contributed by atoms with Crippen LogP contribution in [0, 0.1) is 11.8 Å². The summed E-state index contributed by atoms with van der Waals surface area (Å²) < 4.78 is 10.8. The molecular weight excluding hydrogens is 268 g/mol. The molecule has 1 saturated carbocycles. The van der Waals surface area contributed by atoms with E-state index in [-0.39, 0.29) is 11.9 Å². The van der Waals surface area contributed by atoms with Crippen LogP contribution in [0.2, 0.25) is 0 Å². The highest BCUT2D eigenvalue weighted by atomic mass is 32.2. The zero-order valence-corrected chi connectivity index (χ0v) is 12.0. The predicted octanol–water partition coefficient (Wildman–Crippen LogP) is 0.555. The summed E-state index contributed by atoms with van der Waals surface area (Å²) >= 11 is 0. The Labute approximate surface area is 115 Å². The maximum Gasteiger partial charge on any atom is 0.314 e. The van der Waals surface area contributed by atoms with E-state index in [9.17, 15) is 13.8 Å². The first-order valence-electron chi connectivity index (χ1n) is 6.53. The van der Waals surface area contributed by atoms with Crippen LogP contribution in [0.25, 0.3) is 0 Å². The van der Waals surface area contributed by atoms with Crippen LogP contribution in [0.5, 0.6) is 0 Å². The van der Waals surface area contributed by atoms with Gasteiger partial charge in [0.1, 0.15) is 0 Å². The number of carboxylic acid groups (broad SMARTS) is 1. The summed E-state index contributed by atoms with van der Waals surface area (Å²) in [5.41, 5.74) is 0. The molecule has 0 aromatic rings. The molecule has 0 bridgehead atoms. The van der Waals surface area contributed by atoms with Gasteiger partial charge in [-0.1, -0.05) is 0 Å². The Balaban J connectivity index is 2.11. The van der Waals surface area contributed by atoms with E-state index in [1.54, 1.807) is 6.26 Å². The van der Waals surface area contributed by atoms with Crippen LogP contribution in [0.15, 0.2) is 0 Å². The molecule has 1 unspecified atom stereocenters. The van der Waals surface area contributed by atoms with E-state index in [1.165, 1.54) is 0 Å². The normalized spacial score (nSPS) is 24.5. The minimum Gasteiger partial charge on any atom is -0.481 e. The molecule has 1 fully saturated rings. The topological polar surface area (TPSA) is 95.5 Å². The second kappa shape index (κ2) is 8.14. The van der Waals surface area contributed by atoms with Crippen LogP contribution in [0.3, 0.4) is 0 Å². The molecule has 2 amide bonds. The Bertz CT molecular complexity index is 341. The lowest BCUT2D eigenvalue weighted by Gasteiger charge is -2.26. The molecule has 0 radical (unpaired) electrons. The first-order valence-corrected chi connectivity index (χ1v) is 8.26. The molecule has 1 aliphatic rings. The van der Waals surface area contributed by atoms with Gasteiger partial charge in [-0.05, 0) is 31.6 Å². The van der Waals surface area contributed by atoms with Gasteiger partial charge in [-0.25, -0.2) is 4.79 Å². The predicted molar refractivity (Wildman–Crippen MR) is 73.4 cm³/mol. The molecule has 1 aliphatic carbocycles. The van der Waals surface area contributed by atoms with Crippen LogP contribution < -0.4 is 10.6 Å². The SMILES string of the molecule is CS(=O)CCNC(=O)NCC1CCC(C(=O)O)CC1. The number of carbonyl (C=O) groups is 2. The molecule has 0 aliphatic heterocycles. The van der Waals surface area contributed by atoms with E-state index in [1.807, 2.05) is 0 Å². The van der Waals surface area contributed by atoms with Crippen molar-refractivity contribution in [3.05, 3.63) is 0 Å². The smallest absolute Gasteiger partial charge is 0.314 e. The summed E-state index contributed by atoms with van der Waals surface area (Å²) in [6.07, 6.45) is 4.67. The highest BCUT2D eigenvalue weighted by Gasteiger charge is 2.25. The number of amides is 2. The number of rotatable bonds is 6. The fourth-order valence-corrected chi connectivity index (χ4v) is 2.61. The second-order valence-corrected chi connectivity index (χ2v) is 6.52. The fourth-order valence-electron chi connectivity index (χ4n) is 2.22. The van der Waals surface area contributed by atoms with E-state index in [0.29, 0.717) is 37.6 Å². The molecule has 0 saturated heterocycles. The number of hydrogen-bond donors (Lipinski definition) is 3. The summed E-state index contributed by atoms with van der Waals surface area (Å²) in [7, 11) is -0.897. The van der Waals surface area contributed by atoms with Crippen LogP contribution in [-0.2, 0) is 15.6 Å². The van der Waals surface area contributed by atoms with Gasteiger partial charge < -0.3 is 15.7 Å². The maximum absolute atomic E-state index is 11.4. The molecule has 1 atom stereocenters. The molecule has 0 spiro atoms. The molecule has 1 rings (SSSR count). The Hall–Kier alpha value is -1.11. The van der Waals surface area contributed by atoms with Crippen molar-refractivity contribution in [2.24, 2.45) is 11.8 Å². The van der Waals surface area contributed by atoms with E-state index >= 15 is 0 Å². The van der Waals surface area contributed by atoms with Gasteiger partial charge in [0.15, 0.2) is 0 Å². The molecular formula is C12H22N2O4S. The molecule has 0 heterocycles. The molecule has 6 nitrogen and oxygen atoms in total. The number of hydrogen-bond acceptors (Lipinski definition) is 3. The lowest BCUT2D eigenvalue weighted by molar-refractivity contribution is -0.143. The van der Waals surface area contributed by atoms with Gasteiger partial charge in [-0.15, -0.1) is 0 Å². The van der Waals surface area contributed by atoms with Gasteiger partial charge in [-0.3, -0.25) is 9.00 Å². The van der Waals surface area contributed by atoms with Gasteiger partial charge in [-0.2, -0.15) is 0 Å². The van der Waals surface area contributed by atoms with Gasteiger partial charge in [0, 0.05) is 35.9 Å². The summed E-state index contributed by atoms with van der Waals surface area (Å²) in [4.78, 5) is 22.2. The van der Waals surface area contributed by atoms with Crippen molar-refractivity contribution in [3.8, 4) is 0 Å². The number of aliphatic carboxylic acids is 1. The van der Waals surface area contributed by atoms with Crippen molar-refractivity contribution >= 4 is 22.8 Å². The first kappa shape index (κ1) is 15.9. The highest BCUT2D eigenvalue weighted by Crippen LogP contribution is 2.28. The third kappa shape index (κ3) is 6.56. The van der Waals surface area contributed by atoms with Crippen molar-refractivity contribution in [2.75, 3.05) is 25.1 Å². The molecule has 3 N–H and O–H groups in total. The van der Waals surface area contributed by atoms with E-state index in [4.69, 9.17) is 5.11 Å².